The van der Waals surface area contributed by atoms with Crippen LogP contribution in [0.5, 0.6) is 0 Å². The van der Waals surface area contributed by atoms with Crippen LogP contribution in [0, 0.1) is 12.8 Å². The van der Waals surface area contributed by atoms with E-state index in [1.54, 1.807) is 6.92 Å². The third kappa shape index (κ3) is 2.74. The minimum Gasteiger partial charge on any atom is -0.394 e. The van der Waals surface area contributed by atoms with Gasteiger partial charge in [-0.05, 0) is 24.8 Å². The van der Waals surface area contributed by atoms with Crippen molar-refractivity contribution < 1.29 is 9.84 Å². The molecule has 108 valence electrons. The molecule has 0 saturated carbocycles. The summed E-state index contributed by atoms with van der Waals surface area (Å²) >= 11 is 0. The standard InChI is InChI=1S/C11H15N5O4/c1-6-4-16(11(19)14-10(6)18)9-2-7(3-13-15-12)8(5-17)20-9/h4,7-9,17H,2-3,5H2,1H3,(H,14,18,19)/t7-,8-,9-/m1/s1. The lowest BCUT2D eigenvalue weighted by Crippen LogP contribution is -2.33. The summed E-state index contributed by atoms with van der Waals surface area (Å²) in [5.41, 5.74) is 7.74. The van der Waals surface area contributed by atoms with Crippen LogP contribution in [-0.4, -0.2) is 33.9 Å². The van der Waals surface area contributed by atoms with E-state index < -0.39 is 23.6 Å². The predicted octanol–water partition coefficient (Wildman–Crippen LogP) is 0.0513. The van der Waals surface area contributed by atoms with Crippen molar-refractivity contribution in [2.75, 3.05) is 13.2 Å². The van der Waals surface area contributed by atoms with Crippen molar-refractivity contribution in [3.63, 3.8) is 0 Å². The molecular weight excluding hydrogens is 266 g/mol. The number of nitrogens with one attached hydrogen (secondary N) is 1. The monoisotopic (exact) mass is 281 g/mol. The SMILES string of the molecule is Cc1cn([C@H]2C[C@H](CN=[N+]=[N-])[C@@H](CO)O2)c(=O)[nH]c1=O. The maximum atomic E-state index is 11.8. The van der Waals surface area contributed by atoms with Gasteiger partial charge in [0.25, 0.3) is 5.56 Å². The van der Waals surface area contributed by atoms with Crippen molar-refractivity contribution in [2.45, 2.75) is 25.7 Å². The van der Waals surface area contributed by atoms with Gasteiger partial charge in [0.1, 0.15) is 6.23 Å². The van der Waals surface area contributed by atoms with Crippen molar-refractivity contribution in [1.29, 1.82) is 0 Å². The number of aliphatic hydroxyl groups excluding tert-OH is 1. The van der Waals surface area contributed by atoms with E-state index in [4.69, 9.17) is 10.3 Å². The summed E-state index contributed by atoms with van der Waals surface area (Å²) in [5, 5.41) is 12.7. The highest BCUT2D eigenvalue weighted by Crippen LogP contribution is 2.32. The van der Waals surface area contributed by atoms with Crippen LogP contribution in [0.15, 0.2) is 20.9 Å². The molecule has 2 rings (SSSR count). The quantitative estimate of drug-likeness (QED) is 0.458. The molecule has 9 nitrogen and oxygen atoms in total. The minimum atomic E-state index is -0.589. The van der Waals surface area contributed by atoms with Gasteiger partial charge in [0, 0.05) is 23.2 Å². The Hall–Kier alpha value is -2.09. The minimum absolute atomic E-state index is 0.167. The van der Waals surface area contributed by atoms with Gasteiger partial charge < -0.3 is 9.84 Å². The molecule has 9 heteroatoms. The molecule has 1 aromatic rings. The lowest BCUT2D eigenvalue weighted by molar-refractivity contribution is -0.0320. The Morgan fingerprint density at radius 2 is 2.40 bits per heavy atom. The number of nitrogens with zero attached hydrogens (tertiary/aromatic N) is 4. The van der Waals surface area contributed by atoms with Crippen molar-refractivity contribution >= 4 is 0 Å². The van der Waals surface area contributed by atoms with E-state index in [9.17, 15) is 14.7 Å². The van der Waals surface area contributed by atoms with Gasteiger partial charge in [0.15, 0.2) is 0 Å². The fourth-order valence-electron chi connectivity index (χ4n) is 2.28. The van der Waals surface area contributed by atoms with Crippen molar-refractivity contribution in [3.8, 4) is 0 Å². The average molecular weight is 281 g/mol. The van der Waals surface area contributed by atoms with Gasteiger partial charge in [0.2, 0.25) is 0 Å². The van der Waals surface area contributed by atoms with Gasteiger partial charge in [-0.3, -0.25) is 14.3 Å². The Balaban J connectivity index is 2.27. The van der Waals surface area contributed by atoms with E-state index >= 15 is 0 Å². The first kappa shape index (κ1) is 14.3. The summed E-state index contributed by atoms with van der Waals surface area (Å²) in [6, 6.07) is 0. The topological polar surface area (TPSA) is 133 Å². The summed E-state index contributed by atoms with van der Waals surface area (Å²) in [5.74, 6) is -0.167. The highest BCUT2D eigenvalue weighted by molar-refractivity contribution is 5.02. The second-order valence-electron chi connectivity index (χ2n) is 4.70. The summed E-state index contributed by atoms with van der Waals surface area (Å²) in [4.78, 5) is 28.0. The smallest absolute Gasteiger partial charge is 0.330 e. The number of azide groups is 1. The number of aromatic nitrogens is 2. The number of H-pyrrole nitrogens is 1. The van der Waals surface area contributed by atoms with Gasteiger partial charge in [-0.1, -0.05) is 5.11 Å². The number of rotatable bonds is 4. The highest BCUT2D eigenvalue weighted by atomic mass is 16.5. The molecule has 0 radical (unpaired) electrons. The lowest BCUT2D eigenvalue weighted by atomic mass is 10.0. The molecule has 3 atom stereocenters. The summed E-state index contributed by atoms with van der Waals surface area (Å²) < 4.78 is 6.88. The first-order valence-electron chi connectivity index (χ1n) is 6.16. The summed E-state index contributed by atoms with van der Waals surface area (Å²) in [6.45, 7) is 1.55. The van der Waals surface area contributed by atoms with E-state index in [-0.39, 0.29) is 19.1 Å². The van der Waals surface area contributed by atoms with E-state index in [1.807, 2.05) is 0 Å². The van der Waals surface area contributed by atoms with Gasteiger partial charge >= 0.3 is 5.69 Å². The van der Waals surface area contributed by atoms with Crippen LogP contribution in [0.2, 0.25) is 0 Å². The highest BCUT2D eigenvalue weighted by Gasteiger charge is 2.35. The number of aryl methyl sites for hydroxylation is 1. The first-order valence-corrected chi connectivity index (χ1v) is 6.16. The molecule has 1 saturated heterocycles. The molecule has 0 unspecified atom stereocenters. The van der Waals surface area contributed by atoms with E-state index in [0.717, 1.165) is 0 Å². The van der Waals surface area contributed by atoms with Crippen LogP contribution in [-0.2, 0) is 4.74 Å². The average Bonchev–Trinajstić information content (AvgIpc) is 2.83. The Labute approximate surface area is 113 Å². The molecule has 0 aromatic carbocycles. The van der Waals surface area contributed by atoms with E-state index in [2.05, 4.69) is 15.0 Å². The lowest BCUT2D eigenvalue weighted by Gasteiger charge is -2.15. The van der Waals surface area contributed by atoms with Crippen molar-refractivity contribution in [3.05, 3.63) is 43.0 Å². The Morgan fingerprint density at radius 3 is 3.05 bits per heavy atom. The number of hydrogen-bond acceptors (Lipinski definition) is 5. The molecule has 1 aliphatic heterocycles. The fourth-order valence-corrected chi connectivity index (χ4v) is 2.28. The molecule has 0 spiro atoms. The van der Waals surface area contributed by atoms with Crippen molar-refractivity contribution in [2.24, 2.45) is 11.0 Å². The zero-order valence-corrected chi connectivity index (χ0v) is 10.9. The molecule has 1 aromatic heterocycles. The van der Waals surface area contributed by atoms with Gasteiger partial charge in [-0.25, -0.2) is 4.79 Å². The fraction of sp³-hybridized carbons (Fsp3) is 0.636. The van der Waals surface area contributed by atoms with Crippen LogP contribution in [0.4, 0.5) is 0 Å². The van der Waals surface area contributed by atoms with E-state index in [1.165, 1.54) is 10.8 Å². The second kappa shape index (κ2) is 5.91. The molecule has 0 aliphatic carbocycles. The third-order valence-electron chi connectivity index (χ3n) is 3.38. The van der Waals surface area contributed by atoms with Crippen LogP contribution < -0.4 is 11.2 Å². The molecule has 20 heavy (non-hydrogen) atoms. The van der Waals surface area contributed by atoms with Gasteiger partial charge in [-0.2, -0.15) is 0 Å². The van der Waals surface area contributed by atoms with E-state index in [0.29, 0.717) is 12.0 Å². The van der Waals surface area contributed by atoms with Crippen LogP contribution in [0.1, 0.15) is 18.2 Å². The molecule has 0 amide bonds. The number of hydrogen-bond donors (Lipinski definition) is 2. The Kier molecular flexibility index (Phi) is 4.23. The zero-order valence-electron chi connectivity index (χ0n) is 10.9. The number of aromatic amines is 1. The summed E-state index contributed by atoms with van der Waals surface area (Å²) in [7, 11) is 0. The van der Waals surface area contributed by atoms with Crippen LogP contribution >= 0.6 is 0 Å². The second-order valence-corrected chi connectivity index (χ2v) is 4.70. The third-order valence-corrected chi connectivity index (χ3v) is 3.38. The predicted molar refractivity (Wildman–Crippen MR) is 69.2 cm³/mol. The summed E-state index contributed by atoms with van der Waals surface area (Å²) in [6.07, 6.45) is 0.769. The number of aliphatic hydroxyl groups is 1. The van der Waals surface area contributed by atoms with Gasteiger partial charge in [-0.15, -0.1) is 0 Å². The number of ether oxygens (including phenoxy) is 1. The molecule has 2 heterocycles. The zero-order chi connectivity index (χ0) is 14.7. The molecule has 1 fully saturated rings. The molecule has 1 aliphatic rings. The largest absolute Gasteiger partial charge is 0.394 e. The van der Waals surface area contributed by atoms with Crippen LogP contribution in [0.25, 0.3) is 10.4 Å². The Morgan fingerprint density at radius 1 is 1.65 bits per heavy atom. The molecular formula is C11H15N5O4. The maximum absolute atomic E-state index is 11.8. The molecule has 0 bridgehead atoms. The van der Waals surface area contributed by atoms with Gasteiger partial charge in [0.05, 0.1) is 12.7 Å². The molecule has 2 N–H and O–H groups in total. The van der Waals surface area contributed by atoms with Crippen LogP contribution in [0.3, 0.4) is 0 Å². The maximum Gasteiger partial charge on any atom is 0.330 e. The Bertz CT molecular complexity index is 645. The first-order chi connectivity index (χ1) is 9.56. The van der Waals surface area contributed by atoms with Crippen molar-refractivity contribution in [1.82, 2.24) is 9.55 Å². The normalized spacial score (nSPS) is 25.4.